The Labute approximate surface area is 404 Å². The summed E-state index contributed by atoms with van der Waals surface area (Å²) in [5, 5.41) is 19.8. The molecule has 6 heterocycles. The zero-order chi connectivity index (χ0) is 49.5. The van der Waals surface area contributed by atoms with Crippen LogP contribution in [0.3, 0.4) is 0 Å². The lowest BCUT2D eigenvalue weighted by molar-refractivity contribution is -0.160. The number of hydrogen-bond donors (Lipinski definition) is 4. The van der Waals surface area contributed by atoms with Gasteiger partial charge in [-0.15, -0.1) is 0 Å². The van der Waals surface area contributed by atoms with Crippen molar-refractivity contribution in [1.82, 2.24) is 40.4 Å². The molecule has 3 saturated heterocycles. The minimum Gasteiger partial charge on any atom is -0.508 e. The molecule has 2 aromatic heterocycles. The summed E-state index contributed by atoms with van der Waals surface area (Å²) in [5.41, 5.74) is 9.46. The fourth-order valence-corrected chi connectivity index (χ4v) is 10.3. The number of aromatic hydroxyl groups is 1. The fourth-order valence-electron chi connectivity index (χ4n) is 10.3. The van der Waals surface area contributed by atoms with Gasteiger partial charge in [0.05, 0.1) is 42.9 Å². The van der Waals surface area contributed by atoms with Gasteiger partial charge in [0.2, 0.25) is 17.7 Å². The second-order valence-corrected chi connectivity index (χ2v) is 20.3. The van der Waals surface area contributed by atoms with Gasteiger partial charge in [-0.3, -0.25) is 34.0 Å². The van der Waals surface area contributed by atoms with E-state index in [-0.39, 0.29) is 62.6 Å². The quantitative estimate of drug-likeness (QED) is 0.128. The fraction of sp³-hybridized carbons (Fsp3) is 0.538. The lowest BCUT2D eigenvalue weighted by Crippen LogP contribution is -2.64. The average molecular weight is 949 g/mol. The molecule has 8 rings (SSSR count). The van der Waals surface area contributed by atoms with E-state index < -0.39 is 59.2 Å². The van der Waals surface area contributed by atoms with Gasteiger partial charge in [0.25, 0.3) is 5.91 Å². The zero-order valence-electron chi connectivity index (χ0n) is 41.3. The van der Waals surface area contributed by atoms with E-state index in [9.17, 15) is 29.1 Å². The van der Waals surface area contributed by atoms with Gasteiger partial charge in [-0.05, 0) is 105 Å². The molecule has 3 fully saturated rings. The zero-order valence-corrected chi connectivity index (χ0v) is 41.3. The van der Waals surface area contributed by atoms with Gasteiger partial charge in [-0.25, -0.2) is 5.43 Å². The molecular formula is C52H68N8O9. The van der Waals surface area contributed by atoms with Crippen molar-refractivity contribution in [2.24, 2.45) is 11.3 Å². The number of carbonyl (C=O) groups is 5. The van der Waals surface area contributed by atoms with Crippen molar-refractivity contribution < 1.29 is 43.3 Å². The number of rotatable bonds is 10. The second kappa shape index (κ2) is 20.2. The number of amides is 4. The molecule has 17 nitrogen and oxygen atoms in total. The first kappa shape index (κ1) is 49.5. The molecular weight excluding hydrogens is 881 g/mol. The number of likely N-dealkylation sites (N-methyl/N-ethyl adjacent to an activating group) is 1. The topological polar surface area (TPSA) is 207 Å². The van der Waals surface area contributed by atoms with Crippen LogP contribution in [-0.2, 0) is 57.6 Å². The van der Waals surface area contributed by atoms with Crippen LogP contribution in [0.2, 0.25) is 0 Å². The molecule has 4 aliphatic rings. The second-order valence-electron chi connectivity index (χ2n) is 20.3. The Kier molecular flexibility index (Phi) is 14.5. The number of ether oxygens (including phenoxy) is 3. The van der Waals surface area contributed by atoms with Crippen LogP contribution in [0, 0.1) is 11.3 Å². The number of nitrogens with one attached hydrogen (secondary N) is 3. The van der Waals surface area contributed by atoms with E-state index in [2.05, 4.69) is 59.6 Å². The maximum atomic E-state index is 14.8. The van der Waals surface area contributed by atoms with E-state index in [1.165, 1.54) is 17.0 Å². The number of aryl methyl sites for hydroxylation is 1. The van der Waals surface area contributed by atoms with Crippen LogP contribution in [0.25, 0.3) is 33.3 Å². The van der Waals surface area contributed by atoms with Gasteiger partial charge >= 0.3 is 5.97 Å². The Morgan fingerprint density at radius 2 is 1.86 bits per heavy atom. The average Bonchev–Trinajstić information content (AvgIpc) is 4.14. The number of hydrogen-bond acceptors (Lipinski definition) is 12. The summed E-state index contributed by atoms with van der Waals surface area (Å²) in [6.07, 6.45) is 2.64. The van der Waals surface area contributed by atoms with Crippen molar-refractivity contribution in [2.45, 2.75) is 123 Å². The standard InChI is InChI=1S/C52H68N8O9/c1-10-58-42-16-15-33-23-37(42)38(46(58)36-13-11-17-53-44(36)31(5)67-9)24-52(6,7)28-69-51(66)39-14-12-18-60(56-39)49(64)40(21-32-19-34(33)22-35(61)20-32)55-47(62)45(29(2)3)57(8)50(65)43-27-68-30(4)26-59(43)48(63)41-25-54-41/h11,13,15-17,19-20,22-23,29-31,39-41,43,45,54,56,61H,10,12,14,18,21,24-28H2,1-9H3,(H,55,62)/t30-,31+,39+,40+,41+,43+,45?/m1/s1. The third kappa shape index (κ3) is 10.4. The van der Waals surface area contributed by atoms with Gasteiger partial charge in [0, 0.05) is 74.8 Å². The minimum absolute atomic E-state index is 0.0170. The summed E-state index contributed by atoms with van der Waals surface area (Å²) in [5.74, 6) is -2.63. The molecule has 4 amide bonds. The summed E-state index contributed by atoms with van der Waals surface area (Å²) in [7, 11) is 3.21. The summed E-state index contributed by atoms with van der Waals surface area (Å²) in [4.78, 5) is 78.9. The van der Waals surface area contributed by atoms with Crippen LogP contribution >= 0.6 is 0 Å². The number of phenolic OH excluding ortho intramolecular Hbond substituents is 1. The monoisotopic (exact) mass is 949 g/mol. The molecule has 6 bridgehead atoms. The number of fused-ring (bicyclic) bond motifs is 6. The normalized spacial score (nSPS) is 23.8. The number of carbonyl (C=O) groups excluding carboxylic acids is 5. The number of methoxy groups -OCH3 is 1. The van der Waals surface area contributed by atoms with E-state index in [1.54, 1.807) is 30.3 Å². The molecule has 17 heteroatoms. The number of nitrogens with zero attached hydrogens (tertiary/aromatic N) is 5. The molecule has 0 spiro atoms. The van der Waals surface area contributed by atoms with Crippen LogP contribution in [0.4, 0.5) is 0 Å². The molecule has 2 aromatic carbocycles. The van der Waals surface area contributed by atoms with Gasteiger partial charge in [-0.2, -0.15) is 0 Å². The lowest BCUT2D eigenvalue weighted by atomic mass is 9.84. The molecule has 0 aliphatic carbocycles. The van der Waals surface area contributed by atoms with E-state index >= 15 is 0 Å². The van der Waals surface area contributed by atoms with Crippen LogP contribution < -0.4 is 16.1 Å². The van der Waals surface area contributed by atoms with Gasteiger partial charge in [0.1, 0.15) is 29.9 Å². The summed E-state index contributed by atoms with van der Waals surface area (Å²) < 4.78 is 20.1. The highest BCUT2D eigenvalue weighted by atomic mass is 16.5. The summed E-state index contributed by atoms with van der Waals surface area (Å²) in [6, 6.07) is 11.0. The minimum atomic E-state index is -1.20. The molecule has 0 saturated carbocycles. The van der Waals surface area contributed by atoms with Crippen molar-refractivity contribution in [3.63, 3.8) is 0 Å². The predicted octanol–water partition coefficient (Wildman–Crippen LogP) is 4.52. The van der Waals surface area contributed by atoms with Crippen LogP contribution in [-0.4, -0.2) is 142 Å². The van der Waals surface area contributed by atoms with E-state index in [0.717, 1.165) is 39.0 Å². The van der Waals surface area contributed by atoms with Crippen molar-refractivity contribution >= 4 is 40.5 Å². The number of aromatic nitrogens is 2. The maximum Gasteiger partial charge on any atom is 0.324 e. The Balaban J connectivity index is 1.19. The molecule has 0 radical (unpaired) electrons. The Morgan fingerprint density at radius 1 is 1.09 bits per heavy atom. The highest BCUT2D eigenvalue weighted by Crippen LogP contribution is 2.42. The van der Waals surface area contributed by atoms with Crippen molar-refractivity contribution in [3.8, 4) is 28.1 Å². The van der Waals surface area contributed by atoms with E-state index in [0.29, 0.717) is 43.5 Å². The third-order valence-electron chi connectivity index (χ3n) is 14.0. The number of phenols is 1. The lowest BCUT2D eigenvalue weighted by Gasteiger charge is -2.41. The van der Waals surface area contributed by atoms with E-state index in [4.69, 9.17) is 19.2 Å². The number of pyridine rings is 1. The van der Waals surface area contributed by atoms with Crippen LogP contribution in [0.5, 0.6) is 5.75 Å². The summed E-state index contributed by atoms with van der Waals surface area (Å²) >= 11 is 0. The summed E-state index contributed by atoms with van der Waals surface area (Å²) in [6.45, 7) is 15.5. The first-order valence-electron chi connectivity index (χ1n) is 24.3. The van der Waals surface area contributed by atoms with Gasteiger partial charge in [0.15, 0.2) is 0 Å². The molecule has 69 heavy (non-hydrogen) atoms. The van der Waals surface area contributed by atoms with Crippen molar-refractivity contribution in [1.29, 1.82) is 0 Å². The molecule has 4 aromatic rings. The number of benzene rings is 2. The molecule has 1 unspecified atom stereocenters. The smallest absolute Gasteiger partial charge is 0.324 e. The third-order valence-corrected chi connectivity index (χ3v) is 14.0. The van der Waals surface area contributed by atoms with Crippen molar-refractivity contribution in [3.05, 3.63) is 71.5 Å². The highest BCUT2D eigenvalue weighted by molar-refractivity contribution is 5.97. The molecule has 4 aliphatic heterocycles. The van der Waals surface area contributed by atoms with Gasteiger partial charge < -0.3 is 44.3 Å². The number of cyclic esters (lactones) is 1. The maximum absolute atomic E-state index is 14.8. The molecule has 4 N–H and O–H groups in total. The first-order chi connectivity index (χ1) is 32.9. The van der Waals surface area contributed by atoms with Gasteiger partial charge in [-0.1, -0.05) is 39.8 Å². The van der Waals surface area contributed by atoms with Crippen LogP contribution in [0.15, 0.2) is 54.7 Å². The van der Waals surface area contributed by atoms with Crippen molar-refractivity contribution in [2.75, 3.05) is 47.0 Å². The highest BCUT2D eigenvalue weighted by Gasteiger charge is 2.45. The predicted molar refractivity (Wildman–Crippen MR) is 259 cm³/mol. The Hall–Kier alpha value is -5.88. The largest absolute Gasteiger partial charge is 0.508 e. The molecule has 370 valence electrons. The number of morpholine rings is 1. The van der Waals surface area contributed by atoms with Crippen LogP contribution in [0.1, 0.15) is 84.2 Å². The molecule has 7 atom stereocenters. The Morgan fingerprint density at radius 3 is 2.57 bits per heavy atom. The first-order valence-corrected chi connectivity index (χ1v) is 24.3. The van der Waals surface area contributed by atoms with E-state index in [1.807, 2.05) is 45.9 Å². The SMILES string of the molecule is CCn1c(-c2cccnc2[C@H](C)OC)c2c3cc(ccc31)-c1cc(O)cc(c1)C[C@H](NC(=O)C(C(C)C)N(C)C(=O)[C@@H]1CO[C@H](C)CN1C(=O)[C@@H]1CN1)C(=O)N1CCC[C@H](N1)C(=O)OCC(C)(C)C2. The Bertz CT molecular complexity index is 2610. The number of esters is 1. The number of hydrazine groups is 1.